The first-order valence-electron chi connectivity index (χ1n) is 5.69. The maximum Gasteiger partial charge on any atom is 0.242 e. The third kappa shape index (κ3) is 3.10. The van der Waals surface area contributed by atoms with E-state index in [1.54, 1.807) is 11.3 Å². The molecule has 5 nitrogen and oxygen atoms in total. The highest BCUT2D eigenvalue weighted by atomic mass is 32.1. The molecule has 2 rings (SSSR count). The van der Waals surface area contributed by atoms with Crippen LogP contribution in [0.25, 0.3) is 0 Å². The maximum atomic E-state index is 5.96. The van der Waals surface area contributed by atoms with Crippen LogP contribution in [0, 0.1) is 0 Å². The lowest BCUT2D eigenvalue weighted by Crippen LogP contribution is -2.11. The molecule has 0 aromatic carbocycles. The summed E-state index contributed by atoms with van der Waals surface area (Å²) in [5, 5.41) is 7.29. The lowest BCUT2D eigenvalue weighted by atomic mass is 10.3. The highest BCUT2D eigenvalue weighted by molar-refractivity contribution is 7.07. The van der Waals surface area contributed by atoms with Crippen LogP contribution in [0.3, 0.4) is 0 Å². The van der Waals surface area contributed by atoms with Crippen molar-refractivity contribution in [1.82, 2.24) is 9.97 Å². The van der Waals surface area contributed by atoms with Crippen LogP contribution in [0.5, 0.6) is 5.88 Å². The molecule has 3 N–H and O–H groups in total. The molecule has 0 amide bonds. The number of hydrogen-bond donors (Lipinski definition) is 2. The van der Waals surface area contributed by atoms with E-state index >= 15 is 0 Å². The van der Waals surface area contributed by atoms with Gasteiger partial charge in [0.15, 0.2) is 5.82 Å². The van der Waals surface area contributed by atoms with Gasteiger partial charge in [-0.1, -0.05) is 0 Å². The van der Waals surface area contributed by atoms with Gasteiger partial charge in [-0.05, 0) is 36.2 Å². The Hall–Kier alpha value is -1.82. The Morgan fingerprint density at radius 1 is 1.44 bits per heavy atom. The predicted molar refractivity (Wildman–Crippen MR) is 73.9 cm³/mol. The Kier molecular flexibility index (Phi) is 3.99. The monoisotopic (exact) mass is 264 g/mol. The summed E-state index contributed by atoms with van der Waals surface area (Å²) in [7, 11) is 0. The third-order valence-electron chi connectivity index (χ3n) is 2.23. The number of nitrogens with two attached hydrogens (primary N) is 1. The molecule has 2 aromatic heterocycles. The molecular weight excluding hydrogens is 248 g/mol. The molecule has 0 aliphatic carbocycles. The van der Waals surface area contributed by atoms with Crippen LogP contribution in [0.2, 0.25) is 0 Å². The zero-order chi connectivity index (χ0) is 13.0. The minimum absolute atomic E-state index is 0.0342. The van der Waals surface area contributed by atoms with Crippen LogP contribution in [-0.4, -0.2) is 16.1 Å². The molecule has 2 aromatic rings. The molecule has 0 saturated heterocycles. The molecule has 18 heavy (non-hydrogen) atoms. The fourth-order valence-corrected chi connectivity index (χ4v) is 2.09. The van der Waals surface area contributed by atoms with E-state index in [-0.39, 0.29) is 6.10 Å². The average Bonchev–Trinajstić information content (AvgIpc) is 2.83. The Morgan fingerprint density at radius 3 is 2.94 bits per heavy atom. The minimum atomic E-state index is 0.0342. The Balaban J connectivity index is 2.08. The van der Waals surface area contributed by atoms with Gasteiger partial charge in [-0.3, -0.25) is 0 Å². The number of aromatic nitrogens is 2. The number of hydrogen-bond acceptors (Lipinski definition) is 6. The molecule has 0 bridgehead atoms. The van der Waals surface area contributed by atoms with E-state index in [1.165, 1.54) is 11.9 Å². The second-order valence-electron chi connectivity index (χ2n) is 4.09. The second kappa shape index (κ2) is 5.68. The zero-order valence-corrected chi connectivity index (χ0v) is 11.2. The van der Waals surface area contributed by atoms with Gasteiger partial charge in [0.25, 0.3) is 0 Å². The summed E-state index contributed by atoms with van der Waals surface area (Å²) >= 11 is 1.66. The van der Waals surface area contributed by atoms with Crippen molar-refractivity contribution in [2.75, 3.05) is 11.1 Å². The van der Waals surface area contributed by atoms with E-state index in [9.17, 15) is 0 Å². The van der Waals surface area contributed by atoms with Crippen molar-refractivity contribution >= 4 is 22.8 Å². The highest BCUT2D eigenvalue weighted by Crippen LogP contribution is 2.25. The first-order chi connectivity index (χ1) is 8.66. The van der Waals surface area contributed by atoms with Crippen molar-refractivity contribution < 1.29 is 4.74 Å². The lowest BCUT2D eigenvalue weighted by Gasteiger charge is -2.13. The number of anilines is 2. The third-order valence-corrected chi connectivity index (χ3v) is 2.97. The predicted octanol–water partition coefficient (Wildman–Crippen LogP) is 2.52. The molecule has 0 unspecified atom stereocenters. The normalized spacial score (nSPS) is 10.6. The Bertz CT molecular complexity index is 499. The average molecular weight is 264 g/mol. The van der Waals surface area contributed by atoms with Gasteiger partial charge in [-0.15, -0.1) is 0 Å². The number of nitrogen functional groups attached to an aromatic ring is 1. The van der Waals surface area contributed by atoms with E-state index in [0.29, 0.717) is 23.9 Å². The molecule has 0 radical (unpaired) electrons. The summed E-state index contributed by atoms with van der Waals surface area (Å²) in [5.41, 5.74) is 7.61. The standard InChI is InChI=1S/C12H16N4OS/c1-8(2)17-12-10(13)11(15-7-16-12)14-5-9-3-4-18-6-9/h3-4,6-8H,5,13H2,1-2H3,(H,14,15,16). The van der Waals surface area contributed by atoms with Crippen molar-refractivity contribution in [3.63, 3.8) is 0 Å². The molecule has 0 saturated carbocycles. The summed E-state index contributed by atoms with van der Waals surface area (Å²) in [5.74, 6) is 1.03. The topological polar surface area (TPSA) is 73.1 Å². The number of thiophene rings is 1. The molecule has 0 fully saturated rings. The van der Waals surface area contributed by atoms with Gasteiger partial charge in [0.1, 0.15) is 12.0 Å². The van der Waals surface area contributed by atoms with E-state index in [4.69, 9.17) is 10.5 Å². The summed E-state index contributed by atoms with van der Waals surface area (Å²) < 4.78 is 5.51. The van der Waals surface area contributed by atoms with Crippen LogP contribution < -0.4 is 15.8 Å². The highest BCUT2D eigenvalue weighted by Gasteiger charge is 2.10. The van der Waals surface area contributed by atoms with Gasteiger partial charge in [0, 0.05) is 6.54 Å². The number of nitrogens with zero attached hydrogens (tertiary/aromatic N) is 2. The second-order valence-corrected chi connectivity index (χ2v) is 4.87. The number of ether oxygens (including phenoxy) is 1. The van der Waals surface area contributed by atoms with E-state index < -0.39 is 0 Å². The molecule has 0 spiro atoms. The molecule has 96 valence electrons. The summed E-state index contributed by atoms with van der Waals surface area (Å²) in [6.45, 7) is 4.55. The summed E-state index contributed by atoms with van der Waals surface area (Å²) in [6, 6.07) is 2.06. The van der Waals surface area contributed by atoms with Gasteiger partial charge in [-0.2, -0.15) is 16.3 Å². The largest absolute Gasteiger partial charge is 0.473 e. The SMILES string of the molecule is CC(C)Oc1ncnc(NCc2ccsc2)c1N. The lowest BCUT2D eigenvalue weighted by molar-refractivity contribution is 0.234. The molecule has 6 heteroatoms. The van der Waals surface area contributed by atoms with Crippen LogP contribution >= 0.6 is 11.3 Å². The van der Waals surface area contributed by atoms with Crippen molar-refractivity contribution in [2.45, 2.75) is 26.5 Å². The Labute approximate surface area is 110 Å². The first kappa shape index (κ1) is 12.6. The Morgan fingerprint density at radius 2 is 2.28 bits per heavy atom. The van der Waals surface area contributed by atoms with Gasteiger partial charge in [0.05, 0.1) is 6.10 Å². The molecular formula is C12H16N4OS. The maximum absolute atomic E-state index is 5.96. The number of rotatable bonds is 5. The molecule has 0 aliphatic rings. The van der Waals surface area contributed by atoms with Crippen LogP contribution in [0.15, 0.2) is 23.2 Å². The number of nitrogens with one attached hydrogen (secondary N) is 1. The van der Waals surface area contributed by atoms with Gasteiger partial charge in [-0.25, -0.2) is 4.98 Å². The molecule has 0 atom stereocenters. The van der Waals surface area contributed by atoms with E-state index in [2.05, 4.69) is 26.7 Å². The van der Waals surface area contributed by atoms with E-state index in [0.717, 1.165) is 0 Å². The first-order valence-corrected chi connectivity index (χ1v) is 6.63. The van der Waals surface area contributed by atoms with Gasteiger partial charge < -0.3 is 15.8 Å². The fraction of sp³-hybridized carbons (Fsp3) is 0.333. The van der Waals surface area contributed by atoms with Crippen molar-refractivity contribution in [1.29, 1.82) is 0 Å². The van der Waals surface area contributed by atoms with Gasteiger partial charge >= 0.3 is 0 Å². The quantitative estimate of drug-likeness (QED) is 0.868. The minimum Gasteiger partial charge on any atom is -0.473 e. The fourth-order valence-electron chi connectivity index (χ4n) is 1.42. The summed E-state index contributed by atoms with van der Waals surface area (Å²) in [4.78, 5) is 8.15. The van der Waals surface area contributed by atoms with Crippen LogP contribution in [0.1, 0.15) is 19.4 Å². The van der Waals surface area contributed by atoms with Crippen molar-refractivity contribution in [3.8, 4) is 5.88 Å². The van der Waals surface area contributed by atoms with Crippen LogP contribution in [-0.2, 0) is 6.54 Å². The smallest absolute Gasteiger partial charge is 0.242 e. The van der Waals surface area contributed by atoms with Gasteiger partial charge in [0.2, 0.25) is 5.88 Å². The summed E-state index contributed by atoms with van der Waals surface area (Å²) in [6.07, 6.45) is 1.48. The van der Waals surface area contributed by atoms with E-state index in [1.807, 2.05) is 19.2 Å². The van der Waals surface area contributed by atoms with Crippen molar-refractivity contribution in [3.05, 3.63) is 28.7 Å². The molecule has 2 heterocycles. The van der Waals surface area contributed by atoms with Crippen LogP contribution in [0.4, 0.5) is 11.5 Å². The molecule has 0 aliphatic heterocycles. The van der Waals surface area contributed by atoms with Crippen molar-refractivity contribution in [2.24, 2.45) is 0 Å². The zero-order valence-electron chi connectivity index (χ0n) is 10.4.